The summed E-state index contributed by atoms with van der Waals surface area (Å²) in [6.45, 7) is 5.35. The number of carbonyl (C=O) groups is 2. The molecular weight excluding hydrogens is 368 g/mol. The zero-order chi connectivity index (χ0) is 20.2. The lowest BCUT2D eigenvalue weighted by Crippen LogP contribution is -2.32. The normalized spacial score (nSPS) is 12.3. The molecule has 0 fully saturated rings. The van der Waals surface area contributed by atoms with Gasteiger partial charge in [0, 0.05) is 6.04 Å². The average Bonchev–Trinajstić information content (AvgIpc) is 2.61. The van der Waals surface area contributed by atoms with Gasteiger partial charge < -0.3 is 10.4 Å². The van der Waals surface area contributed by atoms with Crippen molar-refractivity contribution in [3.05, 3.63) is 59.2 Å². The Kier molecular flexibility index (Phi) is 6.22. The number of amides is 1. The molecule has 0 saturated heterocycles. The summed E-state index contributed by atoms with van der Waals surface area (Å²) in [5.41, 5.74) is 0.574. The first-order valence-corrected chi connectivity index (χ1v) is 9.90. The molecule has 2 rings (SSSR count). The SMILES string of the molecule is CC[C@@H](C)NC(=O)c1ccccc1NS(=O)(=O)c1cc(C(=O)O)ccc1C. The monoisotopic (exact) mass is 390 g/mol. The van der Waals surface area contributed by atoms with Crippen LogP contribution in [0.2, 0.25) is 0 Å². The van der Waals surface area contributed by atoms with Gasteiger partial charge in [-0.3, -0.25) is 9.52 Å². The molecule has 0 radical (unpaired) electrons. The van der Waals surface area contributed by atoms with Crippen LogP contribution >= 0.6 is 0 Å². The van der Waals surface area contributed by atoms with E-state index in [0.717, 1.165) is 12.5 Å². The van der Waals surface area contributed by atoms with Gasteiger partial charge in [-0.1, -0.05) is 25.1 Å². The van der Waals surface area contributed by atoms with Crippen molar-refractivity contribution in [2.24, 2.45) is 0 Å². The van der Waals surface area contributed by atoms with Crippen molar-refractivity contribution in [2.75, 3.05) is 4.72 Å². The maximum atomic E-state index is 12.8. The van der Waals surface area contributed by atoms with Crippen LogP contribution in [0.4, 0.5) is 5.69 Å². The Bertz CT molecular complexity index is 970. The third kappa shape index (κ3) is 4.85. The third-order valence-corrected chi connectivity index (χ3v) is 5.64. The smallest absolute Gasteiger partial charge is 0.335 e. The lowest BCUT2D eigenvalue weighted by Gasteiger charge is -2.16. The van der Waals surface area contributed by atoms with E-state index < -0.39 is 21.9 Å². The summed E-state index contributed by atoms with van der Waals surface area (Å²) in [5.74, 6) is -1.61. The van der Waals surface area contributed by atoms with E-state index in [1.807, 2.05) is 13.8 Å². The average molecular weight is 390 g/mol. The van der Waals surface area contributed by atoms with Crippen LogP contribution in [0.3, 0.4) is 0 Å². The Balaban J connectivity index is 2.41. The highest BCUT2D eigenvalue weighted by Gasteiger charge is 2.22. The van der Waals surface area contributed by atoms with Gasteiger partial charge in [0.2, 0.25) is 0 Å². The molecule has 1 atom stereocenters. The van der Waals surface area contributed by atoms with E-state index in [2.05, 4.69) is 10.0 Å². The predicted octanol–water partition coefficient (Wildman–Crippen LogP) is 3.02. The van der Waals surface area contributed by atoms with Gasteiger partial charge in [0.05, 0.1) is 21.7 Å². The second-order valence-corrected chi connectivity index (χ2v) is 7.87. The Labute approximate surface area is 158 Å². The quantitative estimate of drug-likeness (QED) is 0.673. The summed E-state index contributed by atoms with van der Waals surface area (Å²) in [4.78, 5) is 23.4. The van der Waals surface area contributed by atoms with E-state index in [0.29, 0.717) is 5.56 Å². The molecule has 7 nitrogen and oxygen atoms in total. The number of carboxylic acids is 1. The van der Waals surface area contributed by atoms with Gasteiger partial charge in [-0.05, 0) is 50.1 Å². The first kappa shape index (κ1) is 20.4. The number of rotatable bonds is 7. The van der Waals surface area contributed by atoms with Crippen LogP contribution in [0.1, 0.15) is 46.5 Å². The molecule has 144 valence electrons. The fraction of sp³-hybridized carbons (Fsp3) is 0.263. The molecule has 0 unspecified atom stereocenters. The highest BCUT2D eigenvalue weighted by Crippen LogP contribution is 2.23. The molecule has 8 heteroatoms. The minimum absolute atomic E-state index is 0.0587. The fourth-order valence-electron chi connectivity index (χ4n) is 2.40. The van der Waals surface area contributed by atoms with Gasteiger partial charge in [-0.25, -0.2) is 13.2 Å². The molecule has 1 amide bonds. The van der Waals surface area contributed by atoms with Crippen molar-refractivity contribution in [3.63, 3.8) is 0 Å². The lowest BCUT2D eigenvalue weighted by atomic mass is 10.1. The molecule has 0 aliphatic heterocycles. The molecule has 0 aliphatic carbocycles. The van der Waals surface area contributed by atoms with Gasteiger partial charge in [-0.2, -0.15) is 0 Å². The molecule has 27 heavy (non-hydrogen) atoms. The van der Waals surface area contributed by atoms with Gasteiger partial charge in [0.1, 0.15) is 0 Å². The van der Waals surface area contributed by atoms with Crippen molar-refractivity contribution < 1.29 is 23.1 Å². The maximum absolute atomic E-state index is 12.8. The second-order valence-electron chi connectivity index (χ2n) is 6.22. The van der Waals surface area contributed by atoms with Crippen LogP contribution in [0.5, 0.6) is 0 Å². The molecule has 0 spiro atoms. The van der Waals surface area contributed by atoms with Gasteiger partial charge in [-0.15, -0.1) is 0 Å². The summed E-state index contributed by atoms with van der Waals surface area (Å²) in [5, 5.41) is 11.9. The van der Waals surface area contributed by atoms with Crippen molar-refractivity contribution in [1.82, 2.24) is 5.32 Å². The molecule has 0 aromatic heterocycles. The van der Waals surface area contributed by atoms with Crippen molar-refractivity contribution in [1.29, 1.82) is 0 Å². The number of aromatic carboxylic acids is 1. The largest absolute Gasteiger partial charge is 0.478 e. The first-order chi connectivity index (χ1) is 12.7. The standard InChI is InChI=1S/C19H22N2O5S/c1-4-13(3)20-18(22)15-7-5-6-8-16(15)21-27(25,26)17-11-14(19(23)24)10-9-12(17)2/h5-11,13,21H,4H2,1-3H3,(H,20,22)(H,23,24)/t13-/m1/s1. The minimum atomic E-state index is -4.08. The number of carbonyl (C=O) groups excluding carboxylic acids is 1. The number of hydrogen-bond donors (Lipinski definition) is 3. The van der Waals surface area contributed by atoms with Crippen LogP contribution in [-0.2, 0) is 10.0 Å². The Morgan fingerprint density at radius 3 is 2.44 bits per heavy atom. The Morgan fingerprint density at radius 2 is 1.81 bits per heavy atom. The van der Waals surface area contributed by atoms with Gasteiger partial charge in [0.25, 0.3) is 15.9 Å². The molecule has 0 aliphatic rings. The zero-order valence-corrected chi connectivity index (χ0v) is 16.1. The number of aryl methyl sites for hydroxylation is 1. The van der Waals surface area contributed by atoms with E-state index >= 15 is 0 Å². The molecule has 0 saturated carbocycles. The predicted molar refractivity (Wildman–Crippen MR) is 103 cm³/mol. The van der Waals surface area contributed by atoms with Gasteiger partial charge in [0.15, 0.2) is 0 Å². The molecule has 3 N–H and O–H groups in total. The number of hydrogen-bond acceptors (Lipinski definition) is 4. The highest BCUT2D eigenvalue weighted by molar-refractivity contribution is 7.92. The number of para-hydroxylation sites is 1. The van der Waals surface area contributed by atoms with Crippen molar-refractivity contribution in [3.8, 4) is 0 Å². The number of nitrogens with one attached hydrogen (secondary N) is 2. The molecular formula is C19H22N2O5S. The van der Waals surface area contributed by atoms with Crippen LogP contribution in [0.15, 0.2) is 47.4 Å². The van der Waals surface area contributed by atoms with E-state index in [-0.39, 0.29) is 27.8 Å². The summed E-state index contributed by atoms with van der Waals surface area (Å²) in [7, 11) is -4.08. The summed E-state index contributed by atoms with van der Waals surface area (Å²) < 4.78 is 28.0. The third-order valence-electron chi connectivity index (χ3n) is 4.13. The Morgan fingerprint density at radius 1 is 1.15 bits per heavy atom. The summed E-state index contributed by atoms with van der Waals surface area (Å²) in [6.07, 6.45) is 0.737. The lowest BCUT2D eigenvalue weighted by molar-refractivity contribution is 0.0696. The topological polar surface area (TPSA) is 113 Å². The van der Waals surface area contributed by atoms with E-state index in [1.165, 1.54) is 24.3 Å². The Hall–Kier alpha value is -2.87. The van der Waals surface area contributed by atoms with E-state index in [1.54, 1.807) is 19.1 Å². The number of sulfonamides is 1. The van der Waals surface area contributed by atoms with Crippen molar-refractivity contribution >= 4 is 27.6 Å². The molecule has 0 bridgehead atoms. The van der Waals surface area contributed by atoms with Crippen molar-refractivity contribution in [2.45, 2.75) is 38.1 Å². The van der Waals surface area contributed by atoms with Crippen LogP contribution in [0, 0.1) is 6.92 Å². The maximum Gasteiger partial charge on any atom is 0.335 e. The summed E-state index contributed by atoms with van der Waals surface area (Å²) in [6, 6.07) is 10.1. The van der Waals surface area contributed by atoms with Crippen LogP contribution < -0.4 is 10.0 Å². The number of anilines is 1. The van der Waals surface area contributed by atoms with Crippen LogP contribution in [-0.4, -0.2) is 31.4 Å². The van der Waals surface area contributed by atoms with Gasteiger partial charge >= 0.3 is 5.97 Å². The number of carboxylic acid groups (broad SMARTS) is 1. The van der Waals surface area contributed by atoms with E-state index in [4.69, 9.17) is 5.11 Å². The molecule has 2 aromatic rings. The second kappa shape index (κ2) is 8.22. The molecule has 0 heterocycles. The minimum Gasteiger partial charge on any atom is -0.478 e. The highest BCUT2D eigenvalue weighted by atomic mass is 32.2. The van der Waals surface area contributed by atoms with E-state index in [9.17, 15) is 18.0 Å². The summed E-state index contributed by atoms with van der Waals surface area (Å²) >= 11 is 0. The fourth-order valence-corrected chi connectivity index (χ4v) is 3.75. The molecule has 2 aromatic carbocycles. The number of benzene rings is 2. The first-order valence-electron chi connectivity index (χ1n) is 8.42. The van der Waals surface area contributed by atoms with Crippen LogP contribution in [0.25, 0.3) is 0 Å². The zero-order valence-electron chi connectivity index (χ0n) is 15.3.